The normalized spacial score (nSPS) is 15.5. The molecule has 0 radical (unpaired) electrons. The first-order valence-corrected chi connectivity index (χ1v) is 9.05. The average molecular weight is 473 g/mol. The number of piperidine rings is 1. The summed E-state index contributed by atoms with van der Waals surface area (Å²) in [5.41, 5.74) is 0. The van der Waals surface area contributed by atoms with E-state index in [2.05, 4.69) is 42.6 Å². The highest BCUT2D eigenvalue weighted by molar-refractivity contribution is 14.0. The number of nitrogens with one attached hydrogen (secondary N) is 3. The number of hydrogen-bond donors (Lipinski definition) is 3. The summed E-state index contributed by atoms with van der Waals surface area (Å²) < 4.78 is 5.30. The van der Waals surface area contributed by atoms with Crippen LogP contribution in [-0.4, -0.2) is 58.8 Å². The van der Waals surface area contributed by atoms with E-state index in [1.807, 2.05) is 12.1 Å². The van der Waals surface area contributed by atoms with Gasteiger partial charge in [-0.1, -0.05) is 6.42 Å². The topological polar surface area (TPSA) is 94.4 Å². The molecule has 9 heteroatoms. The molecule has 8 nitrogen and oxygen atoms in total. The molecule has 3 heterocycles. The Labute approximate surface area is 171 Å². The number of furan rings is 1. The van der Waals surface area contributed by atoms with E-state index in [0.717, 1.165) is 25.6 Å². The molecule has 0 amide bonds. The number of aromatic nitrogens is 3. The predicted molar refractivity (Wildman–Crippen MR) is 113 cm³/mol. The molecule has 26 heavy (non-hydrogen) atoms. The van der Waals surface area contributed by atoms with Gasteiger partial charge >= 0.3 is 0 Å². The standard InChI is InChI=1S/C17H27N7O.HI/c1-2-18-17(19-8-11-24-9-4-3-5-10-24)20-13-15-21-16(23-22-15)14-7-6-12-25-14;/h6-7,12H,2-5,8-11,13H2,1H3,(H2,18,19,20)(H,21,22,23);1H. The molecule has 1 aliphatic heterocycles. The van der Waals surface area contributed by atoms with E-state index in [1.165, 1.54) is 32.4 Å². The van der Waals surface area contributed by atoms with Crippen LogP contribution in [0.3, 0.4) is 0 Å². The number of H-pyrrole nitrogens is 1. The first-order valence-electron chi connectivity index (χ1n) is 9.05. The van der Waals surface area contributed by atoms with Crippen LogP contribution < -0.4 is 10.6 Å². The fourth-order valence-electron chi connectivity index (χ4n) is 2.89. The van der Waals surface area contributed by atoms with Gasteiger partial charge < -0.3 is 20.0 Å². The van der Waals surface area contributed by atoms with E-state index in [1.54, 1.807) is 6.26 Å². The second kappa shape index (κ2) is 11.2. The number of aromatic amines is 1. The minimum Gasteiger partial charge on any atom is -0.461 e. The van der Waals surface area contributed by atoms with Crippen molar-refractivity contribution in [3.05, 3.63) is 24.2 Å². The molecule has 2 aromatic heterocycles. The zero-order valence-corrected chi connectivity index (χ0v) is 17.5. The van der Waals surface area contributed by atoms with Gasteiger partial charge in [0.1, 0.15) is 12.4 Å². The molecule has 0 aromatic carbocycles. The Hall–Kier alpha value is -1.62. The fraction of sp³-hybridized carbons (Fsp3) is 0.588. The highest BCUT2D eigenvalue weighted by Crippen LogP contribution is 2.14. The predicted octanol–water partition coefficient (Wildman–Crippen LogP) is 2.22. The minimum absolute atomic E-state index is 0. The quantitative estimate of drug-likeness (QED) is 0.325. The van der Waals surface area contributed by atoms with Crippen molar-refractivity contribution in [2.24, 2.45) is 4.99 Å². The number of likely N-dealkylation sites (tertiary alicyclic amines) is 1. The number of aliphatic imine (C=N–C) groups is 1. The van der Waals surface area contributed by atoms with E-state index in [-0.39, 0.29) is 24.0 Å². The van der Waals surface area contributed by atoms with E-state index in [4.69, 9.17) is 4.42 Å². The molecule has 0 unspecified atom stereocenters. The van der Waals surface area contributed by atoms with E-state index < -0.39 is 0 Å². The van der Waals surface area contributed by atoms with Crippen LogP contribution in [0.15, 0.2) is 27.8 Å². The molecule has 0 bridgehead atoms. The van der Waals surface area contributed by atoms with Crippen molar-refractivity contribution >= 4 is 29.9 Å². The minimum atomic E-state index is 0. The first kappa shape index (κ1) is 20.7. The molecule has 1 fully saturated rings. The lowest BCUT2D eigenvalue weighted by atomic mass is 10.1. The van der Waals surface area contributed by atoms with Crippen molar-refractivity contribution < 1.29 is 4.42 Å². The lowest BCUT2D eigenvalue weighted by molar-refractivity contribution is 0.232. The third-order valence-electron chi connectivity index (χ3n) is 4.17. The molecule has 3 rings (SSSR count). The van der Waals surface area contributed by atoms with Crippen LogP contribution in [0.5, 0.6) is 0 Å². The van der Waals surface area contributed by atoms with E-state index in [0.29, 0.717) is 24.0 Å². The zero-order valence-electron chi connectivity index (χ0n) is 15.2. The van der Waals surface area contributed by atoms with Crippen molar-refractivity contribution in [3.8, 4) is 11.6 Å². The van der Waals surface area contributed by atoms with Gasteiger partial charge in [0.25, 0.3) is 0 Å². The Bertz CT molecular complexity index is 650. The van der Waals surface area contributed by atoms with Crippen LogP contribution in [0.2, 0.25) is 0 Å². The molecule has 2 aromatic rings. The number of nitrogens with zero attached hydrogens (tertiary/aromatic N) is 4. The van der Waals surface area contributed by atoms with Gasteiger partial charge in [0, 0.05) is 19.6 Å². The first-order chi connectivity index (χ1) is 12.3. The Morgan fingerprint density at radius 2 is 2.15 bits per heavy atom. The molecule has 0 saturated carbocycles. The summed E-state index contributed by atoms with van der Waals surface area (Å²) in [7, 11) is 0. The molecule has 0 atom stereocenters. The lowest BCUT2D eigenvalue weighted by Gasteiger charge is -2.26. The average Bonchev–Trinajstić information content (AvgIpc) is 3.32. The van der Waals surface area contributed by atoms with E-state index in [9.17, 15) is 0 Å². The van der Waals surface area contributed by atoms with Gasteiger partial charge in [-0.15, -0.1) is 29.1 Å². The van der Waals surface area contributed by atoms with Gasteiger partial charge in [-0.05, 0) is 45.0 Å². The maximum absolute atomic E-state index is 5.30. The third-order valence-corrected chi connectivity index (χ3v) is 4.17. The highest BCUT2D eigenvalue weighted by Gasteiger charge is 2.10. The summed E-state index contributed by atoms with van der Waals surface area (Å²) in [6.45, 7) is 7.68. The Balaban J connectivity index is 0.00000243. The fourth-order valence-corrected chi connectivity index (χ4v) is 2.89. The summed E-state index contributed by atoms with van der Waals surface area (Å²) in [4.78, 5) is 11.5. The molecule has 3 N–H and O–H groups in total. The van der Waals surface area contributed by atoms with Gasteiger partial charge in [0.15, 0.2) is 11.7 Å². The molecule has 144 valence electrons. The largest absolute Gasteiger partial charge is 0.461 e. The van der Waals surface area contributed by atoms with Gasteiger partial charge in [-0.25, -0.2) is 9.98 Å². The highest BCUT2D eigenvalue weighted by atomic mass is 127. The Morgan fingerprint density at radius 1 is 1.31 bits per heavy atom. The monoisotopic (exact) mass is 473 g/mol. The van der Waals surface area contributed by atoms with Crippen molar-refractivity contribution in [1.82, 2.24) is 30.7 Å². The van der Waals surface area contributed by atoms with Crippen LogP contribution in [-0.2, 0) is 6.54 Å². The number of hydrogen-bond acceptors (Lipinski definition) is 5. The SMILES string of the molecule is CCNC(=NCc1nc(-c2ccco2)n[nH]1)NCCN1CCCCC1.I. The molecular weight excluding hydrogens is 445 g/mol. The molecule has 1 saturated heterocycles. The van der Waals surface area contributed by atoms with Gasteiger partial charge in [-0.3, -0.25) is 5.10 Å². The molecule has 1 aliphatic rings. The molecular formula is C17H28IN7O. The Morgan fingerprint density at radius 3 is 2.88 bits per heavy atom. The van der Waals surface area contributed by atoms with Crippen molar-refractivity contribution in [2.75, 3.05) is 32.7 Å². The summed E-state index contributed by atoms with van der Waals surface area (Å²) in [6, 6.07) is 3.65. The lowest BCUT2D eigenvalue weighted by Crippen LogP contribution is -2.42. The smallest absolute Gasteiger partial charge is 0.216 e. The van der Waals surface area contributed by atoms with Crippen LogP contribution in [0, 0.1) is 0 Å². The van der Waals surface area contributed by atoms with Gasteiger partial charge in [0.05, 0.1) is 6.26 Å². The van der Waals surface area contributed by atoms with Crippen molar-refractivity contribution in [3.63, 3.8) is 0 Å². The van der Waals surface area contributed by atoms with Crippen LogP contribution >= 0.6 is 24.0 Å². The second-order valence-electron chi connectivity index (χ2n) is 6.11. The summed E-state index contributed by atoms with van der Waals surface area (Å²) in [5.74, 6) is 2.71. The van der Waals surface area contributed by atoms with Crippen molar-refractivity contribution in [2.45, 2.75) is 32.7 Å². The zero-order chi connectivity index (χ0) is 17.3. The van der Waals surface area contributed by atoms with Gasteiger partial charge in [-0.2, -0.15) is 0 Å². The van der Waals surface area contributed by atoms with Crippen molar-refractivity contribution in [1.29, 1.82) is 0 Å². The second-order valence-corrected chi connectivity index (χ2v) is 6.11. The Kier molecular flexibility index (Phi) is 8.89. The van der Waals surface area contributed by atoms with Crippen LogP contribution in [0.4, 0.5) is 0 Å². The maximum Gasteiger partial charge on any atom is 0.216 e. The maximum atomic E-state index is 5.30. The molecule has 0 aliphatic carbocycles. The summed E-state index contributed by atoms with van der Waals surface area (Å²) in [5, 5.41) is 13.7. The summed E-state index contributed by atoms with van der Waals surface area (Å²) >= 11 is 0. The number of guanidine groups is 1. The molecule has 0 spiro atoms. The number of halogens is 1. The van der Waals surface area contributed by atoms with Crippen LogP contribution in [0.1, 0.15) is 32.0 Å². The number of rotatable bonds is 7. The van der Waals surface area contributed by atoms with Gasteiger partial charge in [0.2, 0.25) is 5.82 Å². The van der Waals surface area contributed by atoms with Crippen LogP contribution in [0.25, 0.3) is 11.6 Å². The van der Waals surface area contributed by atoms with E-state index >= 15 is 0 Å². The third kappa shape index (κ3) is 6.27. The summed E-state index contributed by atoms with van der Waals surface area (Å²) in [6.07, 6.45) is 5.61.